The SMILES string of the molecule is O=C(CCn1nc2ccccn2c1=O)N1CCCC(CO)C1. The third-order valence-corrected chi connectivity index (χ3v) is 4.16. The molecule has 0 bridgehead atoms. The summed E-state index contributed by atoms with van der Waals surface area (Å²) in [5.74, 6) is 0.192. The third kappa shape index (κ3) is 2.89. The van der Waals surface area contributed by atoms with E-state index in [1.165, 1.54) is 9.08 Å². The maximum atomic E-state index is 12.3. The average Bonchev–Trinajstić information content (AvgIpc) is 2.89. The quantitative estimate of drug-likeness (QED) is 0.870. The number of hydrogen-bond donors (Lipinski definition) is 1. The molecule has 1 amide bonds. The van der Waals surface area contributed by atoms with Gasteiger partial charge in [-0.1, -0.05) is 6.07 Å². The van der Waals surface area contributed by atoms with Crippen molar-refractivity contribution in [3.05, 3.63) is 34.9 Å². The van der Waals surface area contributed by atoms with Crippen molar-refractivity contribution >= 4 is 11.6 Å². The van der Waals surface area contributed by atoms with E-state index in [0.29, 0.717) is 12.2 Å². The summed E-state index contributed by atoms with van der Waals surface area (Å²) in [6.45, 7) is 1.74. The monoisotopic (exact) mass is 304 g/mol. The van der Waals surface area contributed by atoms with Gasteiger partial charge in [0.15, 0.2) is 5.65 Å². The van der Waals surface area contributed by atoms with Crippen molar-refractivity contribution in [2.75, 3.05) is 19.7 Å². The number of hydrogen-bond acceptors (Lipinski definition) is 4. The zero-order valence-electron chi connectivity index (χ0n) is 12.4. The number of likely N-dealkylation sites (tertiary alicyclic amines) is 1. The Bertz CT molecular complexity index is 721. The Morgan fingerprint density at radius 1 is 1.41 bits per heavy atom. The van der Waals surface area contributed by atoms with E-state index >= 15 is 0 Å². The van der Waals surface area contributed by atoms with Gasteiger partial charge in [-0.05, 0) is 30.9 Å². The van der Waals surface area contributed by atoms with Crippen LogP contribution in [0.25, 0.3) is 5.65 Å². The van der Waals surface area contributed by atoms with Crippen LogP contribution >= 0.6 is 0 Å². The second-order valence-electron chi connectivity index (χ2n) is 5.72. The normalized spacial score (nSPS) is 18.8. The Balaban J connectivity index is 1.65. The van der Waals surface area contributed by atoms with E-state index in [-0.39, 0.29) is 37.1 Å². The zero-order valence-corrected chi connectivity index (χ0v) is 12.4. The van der Waals surface area contributed by atoms with Gasteiger partial charge < -0.3 is 10.0 Å². The van der Waals surface area contributed by atoms with Crippen molar-refractivity contribution < 1.29 is 9.90 Å². The lowest BCUT2D eigenvalue weighted by molar-refractivity contribution is -0.133. The number of carbonyl (C=O) groups is 1. The molecule has 0 radical (unpaired) electrons. The number of carbonyl (C=O) groups excluding carboxylic acids is 1. The molecule has 1 unspecified atom stereocenters. The summed E-state index contributed by atoms with van der Waals surface area (Å²) in [6.07, 6.45) is 3.80. The lowest BCUT2D eigenvalue weighted by Crippen LogP contribution is -2.41. The van der Waals surface area contributed by atoms with Crippen LogP contribution in [0, 0.1) is 5.92 Å². The fourth-order valence-corrected chi connectivity index (χ4v) is 2.91. The zero-order chi connectivity index (χ0) is 15.5. The largest absolute Gasteiger partial charge is 0.396 e. The fraction of sp³-hybridized carbons (Fsp3) is 0.533. The van der Waals surface area contributed by atoms with Crippen LogP contribution in [0.3, 0.4) is 0 Å². The molecule has 0 spiro atoms. The molecule has 1 atom stereocenters. The van der Waals surface area contributed by atoms with E-state index < -0.39 is 0 Å². The standard InChI is InChI=1S/C15H20N4O3/c20-11-12-4-3-7-17(10-12)14(21)6-9-19-15(22)18-8-2-1-5-13(18)16-19/h1-2,5,8,12,20H,3-4,6-7,9-11H2. The molecule has 1 aliphatic rings. The van der Waals surface area contributed by atoms with E-state index in [1.54, 1.807) is 23.2 Å². The van der Waals surface area contributed by atoms with Gasteiger partial charge in [-0.2, -0.15) is 0 Å². The molecule has 2 aromatic rings. The molecule has 118 valence electrons. The highest BCUT2D eigenvalue weighted by atomic mass is 16.3. The van der Waals surface area contributed by atoms with Crippen molar-refractivity contribution in [1.29, 1.82) is 0 Å². The summed E-state index contributed by atoms with van der Waals surface area (Å²) in [4.78, 5) is 26.2. The molecule has 0 aromatic carbocycles. The summed E-state index contributed by atoms with van der Waals surface area (Å²) in [5.41, 5.74) is 0.355. The number of piperidine rings is 1. The van der Waals surface area contributed by atoms with Gasteiger partial charge >= 0.3 is 5.69 Å². The fourth-order valence-electron chi connectivity index (χ4n) is 2.91. The van der Waals surface area contributed by atoms with Gasteiger partial charge in [0.05, 0.1) is 6.54 Å². The Labute approximate surface area is 127 Å². The van der Waals surface area contributed by atoms with Crippen LogP contribution in [0.4, 0.5) is 0 Å². The molecule has 1 saturated heterocycles. The lowest BCUT2D eigenvalue weighted by Gasteiger charge is -2.31. The minimum atomic E-state index is -0.227. The summed E-state index contributed by atoms with van der Waals surface area (Å²) in [5, 5.41) is 13.4. The number of aliphatic hydroxyl groups is 1. The van der Waals surface area contributed by atoms with E-state index in [2.05, 4.69) is 5.10 Å². The molecule has 3 heterocycles. The molecule has 22 heavy (non-hydrogen) atoms. The van der Waals surface area contributed by atoms with Crippen LogP contribution in [-0.2, 0) is 11.3 Å². The van der Waals surface area contributed by atoms with Gasteiger partial charge in [0, 0.05) is 32.3 Å². The van der Waals surface area contributed by atoms with Gasteiger partial charge in [-0.3, -0.25) is 9.20 Å². The molecule has 0 saturated carbocycles. The predicted molar refractivity (Wildman–Crippen MR) is 80.5 cm³/mol. The summed E-state index contributed by atoms with van der Waals surface area (Å²) >= 11 is 0. The van der Waals surface area contributed by atoms with Crippen LogP contribution in [0.1, 0.15) is 19.3 Å². The first-order chi connectivity index (χ1) is 10.7. The molecule has 1 aliphatic heterocycles. The van der Waals surface area contributed by atoms with Crippen molar-refractivity contribution in [3.63, 3.8) is 0 Å². The van der Waals surface area contributed by atoms with Gasteiger partial charge in [0.25, 0.3) is 0 Å². The van der Waals surface area contributed by atoms with Crippen molar-refractivity contribution in [2.45, 2.75) is 25.8 Å². The number of aliphatic hydroxyl groups excluding tert-OH is 1. The van der Waals surface area contributed by atoms with Crippen LogP contribution in [-0.4, -0.2) is 49.8 Å². The molecule has 7 heteroatoms. The van der Waals surface area contributed by atoms with Crippen molar-refractivity contribution in [3.8, 4) is 0 Å². The van der Waals surface area contributed by atoms with Crippen molar-refractivity contribution in [1.82, 2.24) is 19.1 Å². The average molecular weight is 304 g/mol. The highest BCUT2D eigenvalue weighted by Gasteiger charge is 2.23. The molecule has 1 N–H and O–H groups in total. The lowest BCUT2D eigenvalue weighted by atomic mass is 9.99. The molecule has 7 nitrogen and oxygen atoms in total. The van der Waals surface area contributed by atoms with E-state index in [9.17, 15) is 14.7 Å². The second-order valence-corrected chi connectivity index (χ2v) is 5.72. The Morgan fingerprint density at radius 2 is 2.27 bits per heavy atom. The van der Waals surface area contributed by atoms with Gasteiger partial charge in [-0.25, -0.2) is 9.48 Å². The highest BCUT2D eigenvalue weighted by Crippen LogP contribution is 2.16. The maximum absolute atomic E-state index is 12.3. The first-order valence-corrected chi connectivity index (χ1v) is 7.62. The van der Waals surface area contributed by atoms with Crippen LogP contribution in [0.2, 0.25) is 0 Å². The first kappa shape index (κ1) is 14.8. The molecule has 0 aliphatic carbocycles. The van der Waals surface area contributed by atoms with E-state index in [0.717, 1.165) is 19.4 Å². The number of pyridine rings is 1. The Morgan fingerprint density at radius 3 is 3.05 bits per heavy atom. The Hall–Kier alpha value is -2.15. The van der Waals surface area contributed by atoms with E-state index in [1.807, 2.05) is 6.07 Å². The third-order valence-electron chi connectivity index (χ3n) is 4.16. The molecular weight excluding hydrogens is 284 g/mol. The number of fused-ring (bicyclic) bond motifs is 1. The van der Waals surface area contributed by atoms with Crippen LogP contribution in [0.15, 0.2) is 29.2 Å². The van der Waals surface area contributed by atoms with Crippen molar-refractivity contribution in [2.24, 2.45) is 5.92 Å². The predicted octanol–water partition coefficient (Wildman–Crippen LogP) is 0.117. The number of aromatic nitrogens is 3. The number of aryl methyl sites for hydroxylation is 1. The molecule has 3 rings (SSSR count). The van der Waals surface area contributed by atoms with Gasteiger partial charge in [-0.15, -0.1) is 5.10 Å². The maximum Gasteiger partial charge on any atom is 0.350 e. The van der Waals surface area contributed by atoms with E-state index in [4.69, 9.17) is 0 Å². The molecular formula is C15H20N4O3. The summed E-state index contributed by atoms with van der Waals surface area (Å²) in [7, 11) is 0. The second kappa shape index (κ2) is 6.31. The minimum Gasteiger partial charge on any atom is -0.396 e. The summed E-state index contributed by atoms with van der Waals surface area (Å²) < 4.78 is 2.80. The Kier molecular flexibility index (Phi) is 4.24. The minimum absolute atomic E-state index is 0.0158. The smallest absolute Gasteiger partial charge is 0.350 e. The summed E-state index contributed by atoms with van der Waals surface area (Å²) in [6, 6.07) is 5.35. The molecule has 1 fully saturated rings. The molecule has 2 aromatic heterocycles. The van der Waals surface area contributed by atoms with Crippen LogP contribution in [0.5, 0.6) is 0 Å². The highest BCUT2D eigenvalue weighted by molar-refractivity contribution is 5.76. The number of rotatable bonds is 4. The van der Waals surface area contributed by atoms with Crippen LogP contribution < -0.4 is 5.69 Å². The number of nitrogens with zero attached hydrogens (tertiary/aromatic N) is 4. The first-order valence-electron chi connectivity index (χ1n) is 7.62. The van der Waals surface area contributed by atoms with Gasteiger partial charge in [0.2, 0.25) is 5.91 Å². The van der Waals surface area contributed by atoms with Gasteiger partial charge in [0.1, 0.15) is 0 Å². The topological polar surface area (TPSA) is 79.8 Å². The number of amides is 1.